The van der Waals surface area contributed by atoms with E-state index in [1.807, 2.05) is 4.90 Å². The van der Waals surface area contributed by atoms with E-state index in [9.17, 15) is 4.79 Å². The fraction of sp³-hybridized carbons (Fsp3) is 0.588. The minimum absolute atomic E-state index is 0.0436. The van der Waals surface area contributed by atoms with Crippen molar-refractivity contribution in [3.05, 3.63) is 18.2 Å². The quantitative estimate of drug-likeness (QED) is 0.846. The van der Waals surface area contributed by atoms with Crippen LogP contribution in [0.3, 0.4) is 0 Å². The Morgan fingerprint density at radius 2 is 2.09 bits per heavy atom. The number of carbonyl (C=O) groups excluding carboxylic acids is 1. The maximum absolute atomic E-state index is 12.4. The lowest BCUT2D eigenvalue weighted by Gasteiger charge is -2.23. The molecule has 1 aromatic rings. The van der Waals surface area contributed by atoms with Crippen molar-refractivity contribution in [3.63, 3.8) is 0 Å². The Bertz CT molecular complexity index is 562. The van der Waals surface area contributed by atoms with Crippen LogP contribution in [0.1, 0.15) is 19.3 Å². The predicted octanol–water partition coefficient (Wildman–Crippen LogP) is 1.74. The van der Waals surface area contributed by atoms with Crippen LogP contribution in [0, 0.1) is 0 Å². The molecule has 6 nitrogen and oxygen atoms in total. The van der Waals surface area contributed by atoms with Crippen molar-refractivity contribution >= 4 is 5.91 Å². The highest BCUT2D eigenvalue weighted by Crippen LogP contribution is 2.35. The van der Waals surface area contributed by atoms with Gasteiger partial charge < -0.3 is 24.0 Å². The van der Waals surface area contributed by atoms with Crippen LogP contribution < -0.4 is 14.2 Å². The predicted molar refractivity (Wildman–Crippen MR) is 86.0 cm³/mol. The fourth-order valence-electron chi connectivity index (χ4n) is 3.05. The number of hydrogen-bond acceptors (Lipinski definition) is 5. The summed E-state index contributed by atoms with van der Waals surface area (Å²) in [6.45, 7) is 1.91. The Morgan fingerprint density at radius 3 is 2.91 bits per heavy atom. The largest absolute Gasteiger partial charge is 0.484 e. The molecule has 1 aromatic carbocycles. The first kappa shape index (κ1) is 15.9. The van der Waals surface area contributed by atoms with Gasteiger partial charge in [-0.05, 0) is 45.5 Å². The van der Waals surface area contributed by atoms with Crippen LogP contribution >= 0.6 is 0 Å². The summed E-state index contributed by atoms with van der Waals surface area (Å²) in [7, 11) is 4.20. The molecule has 0 saturated carbocycles. The molecule has 0 unspecified atom stereocenters. The number of benzene rings is 1. The lowest BCUT2D eigenvalue weighted by molar-refractivity contribution is -0.133. The Kier molecular flexibility index (Phi) is 4.91. The highest BCUT2D eigenvalue weighted by Gasteiger charge is 2.22. The molecule has 0 radical (unpaired) electrons. The summed E-state index contributed by atoms with van der Waals surface area (Å²) < 4.78 is 16.2. The fourth-order valence-corrected chi connectivity index (χ4v) is 3.05. The molecule has 126 valence electrons. The molecule has 2 heterocycles. The molecule has 0 aromatic heterocycles. The van der Waals surface area contributed by atoms with Gasteiger partial charge in [0.1, 0.15) is 5.75 Å². The van der Waals surface area contributed by atoms with Gasteiger partial charge in [-0.3, -0.25) is 4.79 Å². The van der Waals surface area contributed by atoms with E-state index >= 15 is 0 Å². The van der Waals surface area contributed by atoms with Crippen molar-refractivity contribution in [2.75, 3.05) is 40.6 Å². The molecule has 0 bridgehead atoms. The summed E-state index contributed by atoms with van der Waals surface area (Å²) in [5.74, 6) is 2.05. The molecule has 0 aliphatic carbocycles. The van der Waals surface area contributed by atoms with E-state index in [-0.39, 0.29) is 19.3 Å². The third kappa shape index (κ3) is 3.88. The first-order valence-electron chi connectivity index (χ1n) is 8.10. The van der Waals surface area contributed by atoms with Crippen molar-refractivity contribution in [3.8, 4) is 17.2 Å². The van der Waals surface area contributed by atoms with Crippen molar-refractivity contribution < 1.29 is 19.0 Å². The van der Waals surface area contributed by atoms with Crippen LogP contribution in [-0.2, 0) is 4.79 Å². The summed E-state index contributed by atoms with van der Waals surface area (Å²) in [5.41, 5.74) is 0. The normalized spacial score (nSPS) is 20.5. The van der Waals surface area contributed by atoms with E-state index in [1.165, 1.54) is 0 Å². The summed E-state index contributed by atoms with van der Waals surface area (Å²) in [6.07, 6.45) is 3.20. The number of hydrogen-bond donors (Lipinski definition) is 0. The number of fused-ring (bicyclic) bond motifs is 1. The lowest BCUT2D eigenvalue weighted by atomic mass is 10.1. The number of ether oxygens (including phenoxy) is 3. The molecule has 0 spiro atoms. The lowest BCUT2D eigenvalue weighted by Crippen LogP contribution is -2.36. The maximum Gasteiger partial charge on any atom is 0.260 e. The minimum atomic E-state index is 0.0436. The highest BCUT2D eigenvalue weighted by atomic mass is 16.7. The zero-order chi connectivity index (χ0) is 16.2. The van der Waals surface area contributed by atoms with Crippen molar-refractivity contribution in [1.29, 1.82) is 0 Å². The van der Waals surface area contributed by atoms with Crippen molar-refractivity contribution in [2.45, 2.75) is 25.3 Å². The molecule has 1 atom stereocenters. The number of amides is 1. The molecule has 2 aliphatic heterocycles. The topological polar surface area (TPSA) is 51.2 Å². The van der Waals surface area contributed by atoms with E-state index < -0.39 is 0 Å². The van der Waals surface area contributed by atoms with Gasteiger partial charge in [-0.25, -0.2) is 0 Å². The van der Waals surface area contributed by atoms with Crippen LogP contribution in [0.25, 0.3) is 0 Å². The smallest absolute Gasteiger partial charge is 0.260 e. The van der Waals surface area contributed by atoms with Crippen LogP contribution in [0.2, 0.25) is 0 Å². The molecule has 0 N–H and O–H groups in total. The second kappa shape index (κ2) is 7.08. The first-order chi connectivity index (χ1) is 11.1. The average Bonchev–Trinajstić information content (AvgIpc) is 2.86. The number of carbonyl (C=O) groups is 1. The average molecular weight is 320 g/mol. The Morgan fingerprint density at radius 1 is 1.26 bits per heavy atom. The second-order valence-electron chi connectivity index (χ2n) is 6.23. The highest BCUT2D eigenvalue weighted by molar-refractivity contribution is 5.77. The zero-order valence-electron chi connectivity index (χ0n) is 13.8. The summed E-state index contributed by atoms with van der Waals surface area (Å²) in [4.78, 5) is 16.5. The Labute approximate surface area is 136 Å². The molecule has 1 fully saturated rings. The summed E-state index contributed by atoms with van der Waals surface area (Å²) in [6, 6.07) is 5.92. The summed E-state index contributed by atoms with van der Waals surface area (Å²) in [5, 5.41) is 0. The second-order valence-corrected chi connectivity index (χ2v) is 6.23. The molecule has 1 saturated heterocycles. The molecule has 2 aliphatic rings. The number of nitrogens with zero attached hydrogens (tertiary/aromatic N) is 2. The van der Waals surface area contributed by atoms with Gasteiger partial charge in [0.15, 0.2) is 18.1 Å². The van der Waals surface area contributed by atoms with Crippen LogP contribution in [-0.4, -0.2) is 62.3 Å². The van der Waals surface area contributed by atoms with E-state index in [0.717, 1.165) is 32.4 Å². The molecule has 6 heteroatoms. The van der Waals surface area contributed by atoms with E-state index in [4.69, 9.17) is 14.2 Å². The van der Waals surface area contributed by atoms with E-state index in [0.29, 0.717) is 23.3 Å². The van der Waals surface area contributed by atoms with Gasteiger partial charge in [-0.1, -0.05) is 0 Å². The zero-order valence-corrected chi connectivity index (χ0v) is 13.8. The Balaban J connectivity index is 1.51. The minimum Gasteiger partial charge on any atom is -0.484 e. The van der Waals surface area contributed by atoms with Gasteiger partial charge >= 0.3 is 0 Å². The van der Waals surface area contributed by atoms with E-state index in [1.54, 1.807) is 18.2 Å². The number of rotatable bonds is 4. The van der Waals surface area contributed by atoms with Crippen LogP contribution in [0.4, 0.5) is 0 Å². The van der Waals surface area contributed by atoms with Gasteiger partial charge in [-0.2, -0.15) is 0 Å². The molecular formula is C17H24N2O4. The molecule has 1 amide bonds. The van der Waals surface area contributed by atoms with Crippen LogP contribution in [0.15, 0.2) is 18.2 Å². The maximum atomic E-state index is 12.4. The van der Waals surface area contributed by atoms with Gasteiger partial charge in [0.25, 0.3) is 5.91 Å². The summed E-state index contributed by atoms with van der Waals surface area (Å²) >= 11 is 0. The molecular weight excluding hydrogens is 296 g/mol. The SMILES string of the molecule is CN(C)[C@@H]1CCCN(C(=O)COc2ccc3c(c2)OCO3)CC1. The third-order valence-corrected chi connectivity index (χ3v) is 4.49. The van der Waals surface area contributed by atoms with E-state index in [2.05, 4.69) is 19.0 Å². The van der Waals surface area contributed by atoms with Gasteiger partial charge in [0.05, 0.1) is 0 Å². The third-order valence-electron chi connectivity index (χ3n) is 4.49. The van der Waals surface area contributed by atoms with Gasteiger partial charge in [-0.15, -0.1) is 0 Å². The van der Waals surface area contributed by atoms with Crippen molar-refractivity contribution in [1.82, 2.24) is 9.80 Å². The van der Waals surface area contributed by atoms with Gasteiger partial charge in [0, 0.05) is 25.2 Å². The van der Waals surface area contributed by atoms with Crippen LogP contribution in [0.5, 0.6) is 17.2 Å². The molecule has 3 rings (SSSR count). The Hall–Kier alpha value is -1.95. The monoisotopic (exact) mass is 320 g/mol. The van der Waals surface area contributed by atoms with Gasteiger partial charge in [0.2, 0.25) is 6.79 Å². The standard InChI is InChI=1S/C17H24N2O4/c1-18(2)13-4-3-8-19(9-7-13)17(20)11-21-14-5-6-15-16(10-14)23-12-22-15/h5-6,10,13H,3-4,7-9,11-12H2,1-2H3/t13-/m1/s1. The first-order valence-corrected chi connectivity index (χ1v) is 8.10. The van der Waals surface area contributed by atoms with Crippen molar-refractivity contribution in [2.24, 2.45) is 0 Å². The number of likely N-dealkylation sites (tertiary alicyclic amines) is 1. The molecule has 23 heavy (non-hydrogen) atoms.